The highest BCUT2D eigenvalue weighted by Crippen LogP contribution is 2.31. The van der Waals surface area contributed by atoms with Crippen molar-refractivity contribution in [3.8, 4) is 0 Å². The third-order valence-electron chi connectivity index (χ3n) is 5.16. The number of amides is 1. The van der Waals surface area contributed by atoms with Gasteiger partial charge < -0.3 is 4.57 Å². The van der Waals surface area contributed by atoms with Crippen LogP contribution in [-0.2, 0) is 24.4 Å². The van der Waals surface area contributed by atoms with Gasteiger partial charge in [-0.3, -0.25) is 19.6 Å². The van der Waals surface area contributed by atoms with Crippen LogP contribution in [0.1, 0.15) is 31.1 Å². The average Bonchev–Trinajstić information content (AvgIpc) is 3.04. The second-order valence-electron chi connectivity index (χ2n) is 7.75. The summed E-state index contributed by atoms with van der Waals surface area (Å²) in [6, 6.07) is 9.93. The van der Waals surface area contributed by atoms with E-state index in [-0.39, 0.29) is 29.1 Å². The molecule has 4 rings (SSSR count). The normalized spacial score (nSPS) is 12.1. The Morgan fingerprint density at radius 2 is 1.84 bits per heavy atom. The molecule has 32 heavy (non-hydrogen) atoms. The molecule has 0 spiro atoms. The lowest BCUT2D eigenvalue weighted by Gasteiger charge is -2.16. The lowest BCUT2D eigenvalue weighted by molar-refractivity contribution is -0.137. The maximum Gasteiger partial charge on any atom is 0.416 e. The fourth-order valence-electron chi connectivity index (χ4n) is 3.56. The number of para-hydroxylation sites is 2. The predicted octanol–water partition coefficient (Wildman–Crippen LogP) is 4.06. The molecule has 10 heteroatoms. The van der Waals surface area contributed by atoms with Gasteiger partial charge in [0.1, 0.15) is 5.69 Å². The lowest BCUT2D eigenvalue weighted by Crippen LogP contribution is -2.26. The molecule has 0 radical (unpaired) electrons. The number of imidazole rings is 1. The lowest BCUT2D eigenvalue weighted by atomic mass is 10.1. The van der Waals surface area contributed by atoms with E-state index in [0.29, 0.717) is 11.5 Å². The summed E-state index contributed by atoms with van der Waals surface area (Å²) >= 11 is 0. The van der Waals surface area contributed by atoms with Crippen molar-refractivity contribution in [2.75, 3.05) is 5.32 Å². The Morgan fingerprint density at radius 1 is 1.12 bits per heavy atom. The van der Waals surface area contributed by atoms with Gasteiger partial charge >= 0.3 is 6.18 Å². The minimum atomic E-state index is -4.55. The van der Waals surface area contributed by atoms with E-state index in [9.17, 15) is 22.8 Å². The summed E-state index contributed by atoms with van der Waals surface area (Å²) < 4.78 is 42.5. The van der Waals surface area contributed by atoms with E-state index in [0.717, 1.165) is 23.7 Å². The molecule has 0 fully saturated rings. The van der Waals surface area contributed by atoms with Crippen molar-refractivity contribution in [2.45, 2.75) is 32.5 Å². The van der Waals surface area contributed by atoms with Gasteiger partial charge in [0, 0.05) is 18.5 Å². The minimum absolute atomic E-state index is 0.0535. The molecule has 2 heterocycles. The molecule has 2 aromatic carbocycles. The van der Waals surface area contributed by atoms with Crippen LogP contribution in [0.5, 0.6) is 0 Å². The minimum Gasteiger partial charge on any atom is -0.313 e. The van der Waals surface area contributed by atoms with Crippen LogP contribution in [0.2, 0.25) is 0 Å². The molecule has 0 bridgehead atoms. The van der Waals surface area contributed by atoms with Crippen LogP contribution in [0.25, 0.3) is 21.9 Å². The number of rotatable bonds is 4. The summed E-state index contributed by atoms with van der Waals surface area (Å²) in [5.74, 6) is -0.189. The molecule has 1 N–H and O–H groups in total. The molecular formula is C22H20F3N5O2. The van der Waals surface area contributed by atoms with Gasteiger partial charge in [0.25, 0.3) is 0 Å². The number of benzene rings is 2. The van der Waals surface area contributed by atoms with E-state index >= 15 is 0 Å². The maximum absolute atomic E-state index is 13.1. The Hall–Kier alpha value is -3.69. The Kier molecular flexibility index (Phi) is 5.23. The van der Waals surface area contributed by atoms with Crippen LogP contribution in [-0.4, -0.2) is 25.2 Å². The second-order valence-corrected chi connectivity index (χ2v) is 7.75. The Labute approximate surface area is 180 Å². The first-order valence-electron chi connectivity index (χ1n) is 9.90. The quantitative estimate of drug-likeness (QED) is 0.516. The monoisotopic (exact) mass is 443 g/mol. The molecule has 0 atom stereocenters. The van der Waals surface area contributed by atoms with Gasteiger partial charge in [0.15, 0.2) is 0 Å². The molecule has 7 nitrogen and oxygen atoms in total. The first-order chi connectivity index (χ1) is 15.1. The zero-order chi connectivity index (χ0) is 23.2. The molecule has 0 unspecified atom stereocenters. The van der Waals surface area contributed by atoms with Crippen LogP contribution in [0.15, 0.2) is 47.3 Å². The van der Waals surface area contributed by atoms with E-state index in [2.05, 4.69) is 15.4 Å². The number of alkyl halides is 3. The van der Waals surface area contributed by atoms with Crippen LogP contribution >= 0.6 is 0 Å². The zero-order valence-corrected chi connectivity index (χ0v) is 17.6. The van der Waals surface area contributed by atoms with Gasteiger partial charge in [-0.25, -0.2) is 4.98 Å². The maximum atomic E-state index is 13.1. The molecule has 0 aliphatic carbocycles. The predicted molar refractivity (Wildman–Crippen MR) is 114 cm³/mol. The molecule has 0 saturated carbocycles. The number of hydrogen-bond acceptors (Lipinski definition) is 4. The van der Waals surface area contributed by atoms with Gasteiger partial charge in [-0.2, -0.15) is 18.3 Å². The smallest absolute Gasteiger partial charge is 0.313 e. The largest absolute Gasteiger partial charge is 0.416 e. The number of fused-ring (bicyclic) bond motifs is 2. The summed E-state index contributed by atoms with van der Waals surface area (Å²) in [4.78, 5) is 29.9. The number of aromatic nitrogens is 4. The van der Waals surface area contributed by atoms with Crippen LogP contribution in [0.3, 0.4) is 0 Å². The highest BCUT2D eigenvalue weighted by molar-refractivity contribution is 5.93. The Balaban J connectivity index is 1.70. The Morgan fingerprint density at radius 3 is 2.50 bits per heavy atom. The summed E-state index contributed by atoms with van der Waals surface area (Å²) in [6.07, 6.45) is -4.89. The molecule has 4 aromatic rings. The third-order valence-corrected chi connectivity index (χ3v) is 5.16. The van der Waals surface area contributed by atoms with Gasteiger partial charge in [0.2, 0.25) is 17.3 Å². The number of carbonyl (C=O) groups excluding carboxylic acids is 1. The molecule has 166 valence electrons. The first kappa shape index (κ1) is 21.5. The topological polar surface area (TPSA) is 81.8 Å². The van der Waals surface area contributed by atoms with Crippen LogP contribution < -0.4 is 10.7 Å². The molecule has 0 aliphatic heterocycles. The number of nitrogens with one attached hydrogen (secondary N) is 1. The second kappa shape index (κ2) is 7.77. The molecule has 0 aliphatic rings. The van der Waals surface area contributed by atoms with Gasteiger partial charge in [-0.05, 0) is 44.2 Å². The van der Waals surface area contributed by atoms with Crippen LogP contribution in [0, 0.1) is 0 Å². The van der Waals surface area contributed by atoms with E-state index in [1.54, 1.807) is 25.5 Å². The van der Waals surface area contributed by atoms with Gasteiger partial charge in [0.05, 0.1) is 28.5 Å². The number of carbonyl (C=O) groups is 1. The first-order valence-corrected chi connectivity index (χ1v) is 9.90. The molecule has 2 aromatic heterocycles. The Bertz CT molecular complexity index is 1400. The highest BCUT2D eigenvalue weighted by atomic mass is 19.4. The fraction of sp³-hybridized carbons (Fsp3) is 0.273. The molecule has 0 saturated heterocycles. The van der Waals surface area contributed by atoms with Crippen molar-refractivity contribution in [3.05, 3.63) is 63.9 Å². The van der Waals surface area contributed by atoms with Crippen molar-refractivity contribution >= 4 is 33.8 Å². The van der Waals surface area contributed by atoms with Crippen molar-refractivity contribution in [3.63, 3.8) is 0 Å². The van der Waals surface area contributed by atoms with Crippen molar-refractivity contribution in [2.24, 2.45) is 7.05 Å². The highest BCUT2D eigenvalue weighted by Gasteiger charge is 2.31. The number of aryl methyl sites for hydroxylation is 1. The summed E-state index contributed by atoms with van der Waals surface area (Å²) in [7, 11) is 1.75. The zero-order valence-electron chi connectivity index (χ0n) is 17.6. The third kappa shape index (κ3) is 3.83. The van der Waals surface area contributed by atoms with Crippen molar-refractivity contribution in [1.82, 2.24) is 19.3 Å². The number of halogens is 3. The summed E-state index contributed by atoms with van der Waals surface area (Å²) in [5, 5.41) is 6.97. The number of anilines is 1. The molecule has 1 amide bonds. The van der Waals surface area contributed by atoms with E-state index < -0.39 is 23.1 Å². The van der Waals surface area contributed by atoms with Crippen molar-refractivity contribution in [1.29, 1.82) is 0 Å². The van der Waals surface area contributed by atoms with Gasteiger partial charge in [-0.15, -0.1) is 0 Å². The number of hydrogen-bond donors (Lipinski definition) is 1. The summed E-state index contributed by atoms with van der Waals surface area (Å²) in [6.45, 7) is 3.47. The summed E-state index contributed by atoms with van der Waals surface area (Å²) in [5.41, 5.74) is 0.103. The van der Waals surface area contributed by atoms with Crippen LogP contribution in [0.4, 0.5) is 19.1 Å². The van der Waals surface area contributed by atoms with E-state index in [4.69, 9.17) is 0 Å². The number of nitrogens with zero attached hydrogens (tertiary/aromatic N) is 4. The SMILES string of the molecule is CC(C)n1nc(CC(=O)Nc2nc3ccccc3n2C)c(=O)c2ccc(C(F)(F)F)cc21. The van der Waals surface area contributed by atoms with E-state index in [1.807, 2.05) is 24.3 Å². The van der Waals surface area contributed by atoms with Gasteiger partial charge in [-0.1, -0.05) is 12.1 Å². The standard InChI is InChI=1S/C22H20F3N5O2/c1-12(2)30-18-10-13(22(23,24)25)8-9-14(18)20(32)16(28-30)11-19(31)27-21-26-15-6-4-5-7-17(15)29(21)3/h4-10,12H,11H2,1-3H3,(H,26,27,31). The van der Waals surface area contributed by atoms with Crippen molar-refractivity contribution < 1.29 is 18.0 Å². The fourth-order valence-corrected chi connectivity index (χ4v) is 3.56. The average molecular weight is 443 g/mol. The van der Waals surface area contributed by atoms with E-state index in [1.165, 1.54) is 4.68 Å². The molecular weight excluding hydrogens is 423 g/mol.